The minimum Gasteiger partial charge on any atom is -0.464 e. The van der Waals surface area contributed by atoms with E-state index in [2.05, 4.69) is 25.7 Å². The van der Waals surface area contributed by atoms with Gasteiger partial charge in [0, 0.05) is 12.1 Å². The van der Waals surface area contributed by atoms with Gasteiger partial charge < -0.3 is 10.0 Å². The minimum atomic E-state index is -4.17. The molecule has 0 aliphatic rings. The van der Waals surface area contributed by atoms with Crippen molar-refractivity contribution >= 4 is 21.8 Å². The third-order valence-corrected chi connectivity index (χ3v) is 4.26. The molecule has 0 spiro atoms. The van der Waals surface area contributed by atoms with Gasteiger partial charge in [-0.15, -0.1) is 0 Å². The first-order chi connectivity index (χ1) is 10.7. The maximum atomic E-state index is 11.3. The van der Waals surface area contributed by atoms with Crippen molar-refractivity contribution in [1.82, 2.24) is 9.62 Å². The Bertz CT molecular complexity index is 606. The smallest absolute Gasteiger partial charge is 0.418 e. The SMILES string of the molecule is CCN(CC)CC.O=C(O)NS(=O)(=O)c1ccc([N+](=O)[O-])cc1. The highest BCUT2D eigenvalue weighted by atomic mass is 32.2. The zero-order valence-corrected chi connectivity index (χ0v) is 14.0. The molecule has 0 saturated heterocycles. The Morgan fingerprint density at radius 3 is 1.87 bits per heavy atom. The lowest BCUT2D eigenvalue weighted by Gasteiger charge is -2.13. The van der Waals surface area contributed by atoms with Gasteiger partial charge in [0.05, 0.1) is 9.82 Å². The van der Waals surface area contributed by atoms with Crippen molar-refractivity contribution in [3.63, 3.8) is 0 Å². The second kappa shape index (κ2) is 9.74. The first kappa shape index (κ1) is 20.8. The Morgan fingerprint density at radius 2 is 1.61 bits per heavy atom. The van der Waals surface area contributed by atoms with Crippen LogP contribution in [0.3, 0.4) is 0 Å². The quantitative estimate of drug-likeness (QED) is 0.593. The summed E-state index contributed by atoms with van der Waals surface area (Å²) in [4.78, 5) is 21.8. The largest absolute Gasteiger partial charge is 0.464 e. The van der Waals surface area contributed by atoms with Gasteiger partial charge in [0.1, 0.15) is 0 Å². The molecule has 0 aliphatic heterocycles. The van der Waals surface area contributed by atoms with Gasteiger partial charge in [-0.25, -0.2) is 17.9 Å². The molecule has 0 radical (unpaired) electrons. The number of carboxylic acid groups (broad SMARTS) is 1. The Balaban J connectivity index is 0.000000585. The summed E-state index contributed by atoms with van der Waals surface area (Å²) < 4.78 is 23.8. The van der Waals surface area contributed by atoms with E-state index in [4.69, 9.17) is 5.11 Å². The van der Waals surface area contributed by atoms with E-state index in [9.17, 15) is 23.3 Å². The normalized spacial score (nSPS) is 10.6. The standard InChI is InChI=1S/C7H6N2O6S.C6H15N/c10-7(11)8-16(14,15)6-3-1-5(2-4-6)9(12)13;1-4-7(5-2)6-3/h1-4,8H,(H,10,11);4-6H2,1-3H3. The van der Waals surface area contributed by atoms with Crippen LogP contribution in [-0.2, 0) is 10.0 Å². The topological polar surface area (TPSA) is 130 Å². The summed E-state index contributed by atoms with van der Waals surface area (Å²) in [6.07, 6.45) is -1.72. The molecule has 1 rings (SSSR count). The van der Waals surface area contributed by atoms with E-state index in [-0.39, 0.29) is 10.6 Å². The van der Waals surface area contributed by atoms with Gasteiger partial charge in [-0.2, -0.15) is 0 Å². The second-order valence-corrected chi connectivity index (χ2v) is 5.96. The number of nitro benzene ring substituents is 1. The third kappa shape index (κ3) is 7.56. The van der Waals surface area contributed by atoms with Crippen molar-refractivity contribution in [1.29, 1.82) is 0 Å². The summed E-state index contributed by atoms with van der Waals surface area (Å²) in [5.74, 6) is 0. The van der Waals surface area contributed by atoms with E-state index in [0.717, 1.165) is 24.3 Å². The van der Waals surface area contributed by atoms with Gasteiger partial charge in [-0.3, -0.25) is 10.1 Å². The Morgan fingerprint density at radius 1 is 1.17 bits per heavy atom. The first-order valence-corrected chi connectivity index (χ1v) is 8.38. The van der Waals surface area contributed by atoms with Crippen molar-refractivity contribution in [2.24, 2.45) is 0 Å². The lowest BCUT2D eigenvalue weighted by molar-refractivity contribution is -0.384. The van der Waals surface area contributed by atoms with Crippen molar-refractivity contribution < 1.29 is 23.2 Å². The fourth-order valence-electron chi connectivity index (χ4n) is 1.59. The lowest BCUT2D eigenvalue weighted by Crippen LogP contribution is -2.28. The van der Waals surface area contributed by atoms with Crippen LogP contribution in [-0.4, -0.2) is 49.1 Å². The average Bonchev–Trinajstić information content (AvgIpc) is 2.48. The number of hydrogen-bond donors (Lipinski definition) is 2. The Kier molecular flexibility index (Phi) is 8.81. The number of nitrogens with one attached hydrogen (secondary N) is 1. The predicted molar refractivity (Wildman–Crippen MR) is 84.9 cm³/mol. The molecule has 0 unspecified atom stereocenters. The molecule has 1 aromatic rings. The van der Waals surface area contributed by atoms with Crippen LogP contribution >= 0.6 is 0 Å². The monoisotopic (exact) mass is 347 g/mol. The molecule has 10 heteroatoms. The summed E-state index contributed by atoms with van der Waals surface area (Å²) in [5.41, 5.74) is -0.283. The van der Waals surface area contributed by atoms with Gasteiger partial charge in [0.2, 0.25) is 0 Å². The molecule has 130 valence electrons. The van der Waals surface area contributed by atoms with Crippen molar-refractivity contribution in [2.75, 3.05) is 19.6 Å². The molecule has 23 heavy (non-hydrogen) atoms. The molecule has 0 aliphatic carbocycles. The van der Waals surface area contributed by atoms with Crippen LogP contribution in [0.15, 0.2) is 29.2 Å². The number of rotatable bonds is 6. The highest BCUT2D eigenvalue weighted by Crippen LogP contribution is 2.15. The highest BCUT2D eigenvalue weighted by molar-refractivity contribution is 7.90. The molecule has 9 nitrogen and oxygen atoms in total. The fraction of sp³-hybridized carbons (Fsp3) is 0.462. The number of carbonyl (C=O) groups is 1. The highest BCUT2D eigenvalue weighted by Gasteiger charge is 2.17. The van der Waals surface area contributed by atoms with Gasteiger partial charge in [0.15, 0.2) is 0 Å². The van der Waals surface area contributed by atoms with Crippen molar-refractivity contribution in [3.05, 3.63) is 34.4 Å². The Hall–Kier alpha value is -2.20. The summed E-state index contributed by atoms with van der Waals surface area (Å²) >= 11 is 0. The van der Waals surface area contributed by atoms with E-state index < -0.39 is 21.0 Å². The molecule has 0 aromatic heterocycles. The molecule has 1 aromatic carbocycles. The molecule has 0 atom stereocenters. The van der Waals surface area contributed by atoms with Gasteiger partial charge >= 0.3 is 6.09 Å². The van der Waals surface area contributed by atoms with Crippen LogP contribution in [0.4, 0.5) is 10.5 Å². The summed E-state index contributed by atoms with van der Waals surface area (Å²) in [7, 11) is -4.17. The van der Waals surface area contributed by atoms with Gasteiger partial charge in [-0.05, 0) is 31.8 Å². The van der Waals surface area contributed by atoms with Crippen LogP contribution < -0.4 is 4.72 Å². The Labute approximate surface area is 135 Å². The molecule has 0 bridgehead atoms. The van der Waals surface area contributed by atoms with E-state index in [1.54, 1.807) is 0 Å². The third-order valence-electron chi connectivity index (χ3n) is 2.92. The maximum Gasteiger partial charge on any atom is 0.418 e. The average molecular weight is 347 g/mol. The molecule has 2 N–H and O–H groups in total. The summed E-state index contributed by atoms with van der Waals surface area (Å²) in [5, 5.41) is 18.5. The van der Waals surface area contributed by atoms with Crippen molar-refractivity contribution in [3.8, 4) is 0 Å². The number of benzene rings is 1. The zero-order chi connectivity index (χ0) is 18.0. The number of non-ortho nitro benzene ring substituents is 1. The van der Waals surface area contributed by atoms with Crippen molar-refractivity contribution in [2.45, 2.75) is 25.7 Å². The van der Waals surface area contributed by atoms with Crippen LogP contribution in [0.25, 0.3) is 0 Å². The van der Waals surface area contributed by atoms with E-state index in [1.165, 1.54) is 24.4 Å². The van der Waals surface area contributed by atoms with Crippen LogP contribution in [0.1, 0.15) is 20.8 Å². The van der Waals surface area contributed by atoms with E-state index in [1.807, 2.05) is 0 Å². The van der Waals surface area contributed by atoms with Gasteiger partial charge in [0.25, 0.3) is 15.7 Å². The number of amides is 1. The van der Waals surface area contributed by atoms with E-state index >= 15 is 0 Å². The summed E-state index contributed by atoms with van der Waals surface area (Å²) in [6.45, 7) is 10.1. The molecule has 0 fully saturated rings. The van der Waals surface area contributed by atoms with Gasteiger partial charge in [-0.1, -0.05) is 20.8 Å². The number of sulfonamides is 1. The molecular weight excluding hydrogens is 326 g/mol. The number of nitrogens with zero attached hydrogens (tertiary/aromatic N) is 2. The van der Waals surface area contributed by atoms with Crippen LogP contribution in [0, 0.1) is 10.1 Å². The minimum absolute atomic E-state index is 0.283. The van der Waals surface area contributed by atoms with Crippen LogP contribution in [0.5, 0.6) is 0 Å². The van der Waals surface area contributed by atoms with E-state index in [0.29, 0.717) is 0 Å². The zero-order valence-electron chi connectivity index (χ0n) is 13.2. The number of hydrogen-bond acceptors (Lipinski definition) is 6. The summed E-state index contributed by atoms with van der Waals surface area (Å²) in [6, 6.07) is 3.83. The molecule has 0 saturated carbocycles. The lowest BCUT2D eigenvalue weighted by atomic mass is 10.3. The first-order valence-electron chi connectivity index (χ1n) is 6.90. The molecular formula is C13H21N3O6S. The fourth-order valence-corrected chi connectivity index (χ4v) is 2.43. The maximum absolute atomic E-state index is 11.3. The molecule has 0 heterocycles. The van der Waals surface area contributed by atoms with Crippen LogP contribution in [0.2, 0.25) is 0 Å². The molecule has 1 amide bonds. The second-order valence-electron chi connectivity index (χ2n) is 4.28. The predicted octanol–water partition coefficient (Wildman–Crippen LogP) is 1.90. The number of nitro groups is 1.